The molecule has 0 saturated heterocycles. The molecule has 0 aromatic carbocycles. The van der Waals surface area contributed by atoms with Gasteiger partial charge in [0.1, 0.15) is 5.49 Å². The number of hydrogen-bond donors (Lipinski definition) is 1. The summed E-state index contributed by atoms with van der Waals surface area (Å²) >= 11 is 0. The van der Waals surface area contributed by atoms with Crippen LogP contribution in [-0.4, -0.2) is 9.97 Å². The van der Waals surface area contributed by atoms with Gasteiger partial charge in [0.25, 0.3) is 0 Å². The van der Waals surface area contributed by atoms with Gasteiger partial charge in [-0.05, 0) is 42.7 Å². The second-order valence-corrected chi connectivity index (χ2v) is 3.56. The summed E-state index contributed by atoms with van der Waals surface area (Å²) in [5.74, 6) is 0. The minimum absolute atomic E-state index is 0.315. The molecular weight excluding hydrogens is 198 g/mol. The Hall–Kier alpha value is -2.03. The van der Waals surface area contributed by atoms with Crippen molar-refractivity contribution in [1.82, 2.24) is 9.97 Å². The van der Waals surface area contributed by atoms with E-state index in [1.54, 1.807) is 18.5 Å². The second kappa shape index (κ2) is 5.16. The van der Waals surface area contributed by atoms with Crippen molar-refractivity contribution in [2.24, 2.45) is 0 Å². The van der Waals surface area contributed by atoms with Gasteiger partial charge in [0, 0.05) is 18.1 Å². The maximum Gasteiger partial charge on any atom is 0.144 e. The van der Waals surface area contributed by atoms with Crippen LogP contribution in [0.15, 0.2) is 48.8 Å². The number of aromatic nitrogens is 2. The van der Waals surface area contributed by atoms with Crippen molar-refractivity contribution in [3.05, 3.63) is 65.5 Å². The molecule has 0 radical (unpaired) electrons. The molecule has 0 aliphatic carbocycles. The van der Waals surface area contributed by atoms with Gasteiger partial charge < -0.3 is 0 Å². The molecule has 0 bridgehead atoms. The molecule has 2 rings (SSSR count). The zero-order valence-corrected chi connectivity index (χ0v) is 8.93. The highest BCUT2D eigenvalue weighted by Gasteiger charge is 1.95. The van der Waals surface area contributed by atoms with E-state index < -0.39 is 0 Å². The van der Waals surface area contributed by atoms with Crippen molar-refractivity contribution in [2.45, 2.75) is 12.8 Å². The van der Waals surface area contributed by atoms with Gasteiger partial charge in [-0.25, -0.2) is 4.98 Å². The smallest absolute Gasteiger partial charge is 0.144 e. The van der Waals surface area contributed by atoms with Crippen molar-refractivity contribution < 1.29 is 0 Å². The number of rotatable bonds is 3. The summed E-state index contributed by atoms with van der Waals surface area (Å²) in [5.41, 5.74) is 2.51. The minimum atomic E-state index is 0.315. The molecule has 1 N–H and O–H groups in total. The third-order valence-electron chi connectivity index (χ3n) is 2.34. The number of pyridine rings is 1. The number of nitrogens with one attached hydrogen (secondary N) is 1. The van der Waals surface area contributed by atoms with Crippen molar-refractivity contribution in [2.75, 3.05) is 0 Å². The number of hydrogen-bond acceptors (Lipinski definition) is 3. The molecule has 2 heterocycles. The van der Waals surface area contributed by atoms with Gasteiger partial charge in [-0.3, -0.25) is 10.4 Å². The van der Waals surface area contributed by atoms with E-state index in [0.717, 1.165) is 18.5 Å². The fourth-order valence-corrected chi connectivity index (χ4v) is 1.50. The first-order valence-corrected chi connectivity index (χ1v) is 5.24. The van der Waals surface area contributed by atoms with E-state index in [-0.39, 0.29) is 0 Å². The Bertz CT molecular complexity index is 509. The SMILES string of the molecule is N=c1ccccc(CCc2ccncc2)n1. The highest BCUT2D eigenvalue weighted by Crippen LogP contribution is 2.02. The molecule has 2 aromatic heterocycles. The average Bonchev–Trinajstić information content (AvgIpc) is 2.52. The van der Waals surface area contributed by atoms with Crippen molar-refractivity contribution >= 4 is 0 Å². The van der Waals surface area contributed by atoms with Crippen LogP contribution in [0.3, 0.4) is 0 Å². The van der Waals surface area contributed by atoms with Crippen molar-refractivity contribution in [1.29, 1.82) is 5.41 Å². The van der Waals surface area contributed by atoms with Gasteiger partial charge >= 0.3 is 0 Å². The normalized spacial score (nSPS) is 10.0. The number of nitrogens with zero attached hydrogens (tertiary/aromatic N) is 2. The fraction of sp³-hybridized carbons (Fsp3) is 0.154. The molecule has 2 aromatic rings. The Morgan fingerprint density at radius 1 is 0.938 bits per heavy atom. The van der Waals surface area contributed by atoms with Gasteiger partial charge in [-0.2, -0.15) is 0 Å². The molecule has 16 heavy (non-hydrogen) atoms. The predicted octanol–water partition coefficient (Wildman–Crippen LogP) is 1.74. The number of aryl methyl sites for hydroxylation is 2. The maximum atomic E-state index is 7.52. The maximum absolute atomic E-state index is 7.52. The summed E-state index contributed by atoms with van der Waals surface area (Å²) in [4.78, 5) is 8.18. The lowest BCUT2D eigenvalue weighted by Crippen LogP contribution is -2.03. The van der Waals surface area contributed by atoms with Crippen LogP contribution in [0.1, 0.15) is 11.3 Å². The van der Waals surface area contributed by atoms with Gasteiger partial charge in [0.15, 0.2) is 0 Å². The third kappa shape index (κ3) is 2.98. The Labute approximate surface area is 94.4 Å². The molecule has 0 unspecified atom stereocenters. The van der Waals surface area contributed by atoms with Gasteiger partial charge in [0.05, 0.1) is 0 Å². The largest absolute Gasteiger partial charge is 0.283 e. The van der Waals surface area contributed by atoms with Gasteiger partial charge in [-0.1, -0.05) is 12.1 Å². The molecule has 0 spiro atoms. The van der Waals surface area contributed by atoms with Crippen molar-refractivity contribution in [3.63, 3.8) is 0 Å². The summed E-state index contributed by atoms with van der Waals surface area (Å²) < 4.78 is 0. The molecule has 0 aliphatic heterocycles. The van der Waals surface area contributed by atoms with E-state index in [4.69, 9.17) is 5.41 Å². The van der Waals surface area contributed by atoms with Crippen molar-refractivity contribution in [3.8, 4) is 0 Å². The highest BCUT2D eigenvalue weighted by molar-refractivity contribution is 5.12. The third-order valence-corrected chi connectivity index (χ3v) is 2.34. The van der Waals surface area contributed by atoms with E-state index in [1.165, 1.54) is 5.56 Å². The van der Waals surface area contributed by atoms with Crippen LogP contribution in [0.5, 0.6) is 0 Å². The van der Waals surface area contributed by atoms with E-state index >= 15 is 0 Å². The monoisotopic (exact) mass is 211 g/mol. The zero-order chi connectivity index (χ0) is 11.2. The first-order chi connectivity index (χ1) is 7.84. The molecule has 0 aliphatic rings. The summed E-state index contributed by atoms with van der Waals surface area (Å²) in [7, 11) is 0. The molecule has 0 atom stereocenters. The van der Waals surface area contributed by atoms with E-state index in [0.29, 0.717) is 5.49 Å². The summed E-state index contributed by atoms with van der Waals surface area (Å²) in [5, 5.41) is 7.52. The molecule has 3 nitrogen and oxygen atoms in total. The summed E-state index contributed by atoms with van der Waals surface area (Å²) in [6, 6.07) is 11.4. The van der Waals surface area contributed by atoms with Crippen LogP contribution in [0.25, 0.3) is 0 Å². The molecular formula is C13H13N3. The van der Waals surface area contributed by atoms with Crippen LogP contribution in [0.4, 0.5) is 0 Å². The lowest BCUT2D eigenvalue weighted by atomic mass is 10.1. The van der Waals surface area contributed by atoms with Crippen LogP contribution < -0.4 is 5.49 Å². The lowest BCUT2D eigenvalue weighted by Gasteiger charge is -1.98. The summed E-state index contributed by atoms with van der Waals surface area (Å²) in [6.45, 7) is 0. The first-order valence-electron chi connectivity index (χ1n) is 5.24. The van der Waals surface area contributed by atoms with Gasteiger partial charge in [-0.15, -0.1) is 0 Å². The second-order valence-electron chi connectivity index (χ2n) is 3.56. The molecule has 0 amide bonds. The highest BCUT2D eigenvalue weighted by atomic mass is 14.7. The van der Waals surface area contributed by atoms with Crippen LogP contribution in [0.2, 0.25) is 0 Å². The van der Waals surface area contributed by atoms with Crippen LogP contribution in [-0.2, 0) is 12.8 Å². The Balaban J connectivity index is 2.09. The Morgan fingerprint density at radius 2 is 1.69 bits per heavy atom. The van der Waals surface area contributed by atoms with E-state index in [9.17, 15) is 0 Å². The predicted molar refractivity (Wildman–Crippen MR) is 61.7 cm³/mol. The minimum Gasteiger partial charge on any atom is -0.283 e. The Morgan fingerprint density at radius 3 is 2.50 bits per heavy atom. The Kier molecular flexibility index (Phi) is 3.38. The zero-order valence-electron chi connectivity index (χ0n) is 8.93. The standard InChI is InChI=1S/C13H13N3/c14-13-4-2-1-3-12(16-13)6-5-11-7-9-15-10-8-11/h1-4,7-10,14H,5-6H2. The van der Waals surface area contributed by atoms with E-state index in [1.807, 2.05) is 30.3 Å². The van der Waals surface area contributed by atoms with Gasteiger partial charge in [0.2, 0.25) is 0 Å². The topological polar surface area (TPSA) is 49.6 Å². The van der Waals surface area contributed by atoms with Crippen LogP contribution >= 0.6 is 0 Å². The lowest BCUT2D eigenvalue weighted by molar-refractivity contribution is 0.896. The molecule has 80 valence electrons. The average molecular weight is 211 g/mol. The van der Waals surface area contributed by atoms with E-state index in [2.05, 4.69) is 9.97 Å². The fourth-order valence-electron chi connectivity index (χ4n) is 1.50. The van der Waals surface area contributed by atoms with Crippen LogP contribution in [0, 0.1) is 5.41 Å². The molecule has 0 saturated carbocycles. The first kappa shape index (κ1) is 10.5. The summed E-state index contributed by atoms with van der Waals surface area (Å²) in [6.07, 6.45) is 5.37. The molecule has 0 fully saturated rings. The quantitative estimate of drug-likeness (QED) is 0.840. The molecule has 3 heteroatoms.